The normalized spacial score (nSPS) is 22.9. The molecule has 1 fully saturated rings. The molecule has 100 valence electrons. The summed E-state index contributed by atoms with van der Waals surface area (Å²) in [4.78, 5) is 6.23. The van der Waals surface area contributed by atoms with Gasteiger partial charge in [-0.05, 0) is 31.2 Å². The maximum absolute atomic E-state index is 5.77. The van der Waals surface area contributed by atoms with Crippen LogP contribution in [0.25, 0.3) is 0 Å². The molecule has 6 heteroatoms. The molecular weight excluding hydrogens is 230 g/mol. The van der Waals surface area contributed by atoms with Crippen LogP contribution in [0.1, 0.15) is 5.56 Å². The van der Waals surface area contributed by atoms with E-state index in [9.17, 15) is 0 Å². The largest absolute Gasteiger partial charge is 0.384 e. The predicted octanol–water partition coefficient (Wildman–Crippen LogP) is -0.631. The van der Waals surface area contributed by atoms with Crippen molar-refractivity contribution in [1.82, 2.24) is 15.3 Å². The van der Waals surface area contributed by atoms with Gasteiger partial charge in [0, 0.05) is 19.3 Å². The third-order valence-corrected chi connectivity index (χ3v) is 3.26. The van der Waals surface area contributed by atoms with Crippen LogP contribution in [0, 0.1) is 0 Å². The van der Waals surface area contributed by atoms with E-state index in [1.165, 1.54) is 0 Å². The first-order valence-corrected chi connectivity index (χ1v) is 6.15. The third-order valence-electron chi connectivity index (χ3n) is 3.26. The summed E-state index contributed by atoms with van der Waals surface area (Å²) in [6.07, 6.45) is 2.59. The van der Waals surface area contributed by atoms with Gasteiger partial charge in [0.05, 0.1) is 18.8 Å². The van der Waals surface area contributed by atoms with Gasteiger partial charge in [-0.2, -0.15) is 0 Å². The highest BCUT2D eigenvalue weighted by Gasteiger charge is 2.26. The molecule has 0 spiro atoms. The zero-order valence-corrected chi connectivity index (χ0v) is 10.7. The highest BCUT2D eigenvalue weighted by Crippen LogP contribution is 2.13. The van der Waals surface area contributed by atoms with Crippen LogP contribution in [0.15, 0.2) is 18.3 Å². The lowest BCUT2D eigenvalue weighted by molar-refractivity contribution is -0.0384. The molecule has 2 unspecified atom stereocenters. The van der Waals surface area contributed by atoms with Gasteiger partial charge < -0.3 is 15.4 Å². The second-order valence-corrected chi connectivity index (χ2v) is 4.74. The molecular formula is C12H21N5O. The number of likely N-dealkylation sites (N-methyl/N-ethyl adjacent to an activating group) is 1. The summed E-state index contributed by atoms with van der Waals surface area (Å²) >= 11 is 0. The number of hydrogen-bond acceptors (Lipinski definition) is 6. The van der Waals surface area contributed by atoms with Crippen molar-refractivity contribution >= 4 is 5.82 Å². The molecule has 0 radical (unpaired) electrons. The molecule has 6 nitrogen and oxygen atoms in total. The molecule has 0 aromatic carbocycles. The Kier molecular flexibility index (Phi) is 4.48. The SMILES string of the molecule is CN1CCOC(C(Cc2ccnc(N)c2)NN)C1. The Bertz CT molecular complexity index is 386. The van der Waals surface area contributed by atoms with E-state index < -0.39 is 0 Å². The van der Waals surface area contributed by atoms with Crippen LogP contribution in [-0.2, 0) is 11.2 Å². The Balaban J connectivity index is 2.00. The first-order valence-electron chi connectivity index (χ1n) is 6.15. The first kappa shape index (κ1) is 13.2. The van der Waals surface area contributed by atoms with Gasteiger partial charge in [-0.3, -0.25) is 11.3 Å². The van der Waals surface area contributed by atoms with E-state index in [0.717, 1.165) is 31.7 Å². The van der Waals surface area contributed by atoms with E-state index in [1.807, 2.05) is 12.1 Å². The molecule has 0 aliphatic carbocycles. The molecule has 5 N–H and O–H groups in total. The van der Waals surface area contributed by atoms with Crippen molar-refractivity contribution in [1.29, 1.82) is 0 Å². The number of ether oxygens (including phenoxy) is 1. The van der Waals surface area contributed by atoms with E-state index in [4.69, 9.17) is 16.3 Å². The van der Waals surface area contributed by atoms with Gasteiger partial charge in [0.15, 0.2) is 0 Å². The average Bonchev–Trinajstić information content (AvgIpc) is 2.36. The Hall–Kier alpha value is -1.21. The zero-order valence-electron chi connectivity index (χ0n) is 10.7. The number of anilines is 1. The number of rotatable bonds is 4. The number of nitrogens with one attached hydrogen (secondary N) is 1. The van der Waals surface area contributed by atoms with Crippen LogP contribution in [-0.4, -0.2) is 48.8 Å². The molecule has 1 aromatic rings. The van der Waals surface area contributed by atoms with Gasteiger partial charge in [-0.25, -0.2) is 4.98 Å². The minimum absolute atomic E-state index is 0.0783. The highest BCUT2D eigenvalue weighted by atomic mass is 16.5. The van der Waals surface area contributed by atoms with Gasteiger partial charge in [0.25, 0.3) is 0 Å². The highest BCUT2D eigenvalue weighted by molar-refractivity contribution is 5.32. The Morgan fingerprint density at radius 2 is 2.50 bits per heavy atom. The quantitative estimate of drug-likeness (QED) is 0.487. The van der Waals surface area contributed by atoms with Crippen molar-refractivity contribution in [2.24, 2.45) is 5.84 Å². The van der Waals surface area contributed by atoms with E-state index in [2.05, 4.69) is 22.4 Å². The third kappa shape index (κ3) is 3.39. The van der Waals surface area contributed by atoms with Gasteiger partial charge in [0.1, 0.15) is 5.82 Å². The molecule has 18 heavy (non-hydrogen) atoms. The summed E-state index contributed by atoms with van der Waals surface area (Å²) in [5.41, 5.74) is 9.63. The predicted molar refractivity (Wildman–Crippen MR) is 70.7 cm³/mol. The van der Waals surface area contributed by atoms with Crippen molar-refractivity contribution in [3.8, 4) is 0 Å². The lowest BCUT2D eigenvalue weighted by atomic mass is 10.0. The molecule has 1 aliphatic heterocycles. The van der Waals surface area contributed by atoms with Crippen molar-refractivity contribution in [3.05, 3.63) is 23.9 Å². The molecule has 2 atom stereocenters. The maximum Gasteiger partial charge on any atom is 0.123 e. The summed E-state index contributed by atoms with van der Waals surface area (Å²) in [5.74, 6) is 6.17. The molecule has 1 aromatic heterocycles. The van der Waals surface area contributed by atoms with E-state index in [-0.39, 0.29) is 12.1 Å². The summed E-state index contributed by atoms with van der Waals surface area (Å²) in [5, 5.41) is 0. The van der Waals surface area contributed by atoms with Gasteiger partial charge >= 0.3 is 0 Å². The van der Waals surface area contributed by atoms with Crippen molar-refractivity contribution in [3.63, 3.8) is 0 Å². The number of hydrazine groups is 1. The number of aromatic nitrogens is 1. The summed E-state index contributed by atoms with van der Waals surface area (Å²) in [7, 11) is 2.09. The monoisotopic (exact) mass is 251 g/mol. The molecule has 1 aliphatic rings. The van der Waals surface area contributed by atoms with Crippen LogP contribution in [0.3, 0.4) is 0 Å². The van der Waals surface area contributed by atoms with Crippen LogP contribution < -0.4 is 17.0 Å². The van der Waals surface area contributed by atoms with Crippen molar-refractivity contribution < 1.29 is 4.74 Å². The van der Waals surface area contributed by atoms with Crippen LogP contribution in [0.4, 0.5) is 5.82 Å². The average molecular weight is 251 g/mol. The fourth-order valence-electron chi connectivity index (χ4n) is 2.23. The van der Waals surface area contributed by atoms with E-state index >= 15 is 0 Å². The number of nitrogens with two attached hydrogens (primary N) is 2. The topological polar surface area (TPSA) is 89.4 Å². The zero-order chi connectivity index (χ0) is 13.0. The summed E-state index contributed by atoms with van der Waals surface area (Å²) < 4.78 is 5.77. The summed E-state index contributed by atoms with van der Waals surface area (Å²) in [6, 6.07) is 3.90. The number of pyridine rings is 1. The Morgan fingerprint density at radius 3 is 3.17 bits per heavy atom. The number of nitrogen functional groups attached to an aromatic ring is 1. The smallest absolute Gasteiger partial charge is 0.123 e. The standard InChI is InChI=1S/C12H21N5O/c1-17-4-5-18-11(8-17)10(16-14)6-9-2-3-15-12(13)7-9/h2-3,7,10-11,16H,4-6,8,14H2,1H3,(H2,13,15). The molecule has 0 saturated carbocycles. The Labute approximate surface area is 107 Å². The van der Waals surface area contributed by atoms with Crippen LogP contribution >= 0.6 is 0 Å². The van der Waals surface area contributed by atoms with Gasteiger partial charge in [0.2, 0.25) is 0 Å². The van der Waals surface area contributed by atoms with Crippen molar-refractivity contribution in [2.75, 3.05) is 32.5 Å². The minimum Gasteiger partial charge on any atom is -0.384 e. The Morgan fingerprint density at radius 1 is 1.67 bits per heavy atom. The second kappa shape index (κ2) is 6.10. The fraction of sp³-hybridized carbons (Fsp3) is 0.583. The number of morpholine rings is 1. The number of hydrogen-bond donors (Lipinski definition) is 3. The van der Waals surface area contributed by atoms with Crippen LogP contribution in [0.5, 0.6) is 0 Å². The fourth-order valence-corrected chi connectivity index (χ4v) is 2.23. The first-order chi connectivity index (χ1) is 8.69. The van der Waals surface area contributed by atoms with Crippen molar-refractivity contribution in [2.45, 2.75) is 18.6 Å². The lowest BCUT2D eigenvalue weighted by Gasteiger charge is -2.34. The molecule has 2 rings (SSSR count). The van der Waals surface area contributed by atoms with E-state index in [1.54, 1.807) is 6.20 Å². The number of nitrogens with zero attached hydrogens (tertiary/aromatic N) is 2. The summed E-state index contributed by atoms with van der Waals surface area (Å²) in [6.45, 7) is 2.60. The molecule has 0 bridgehead atoms. The van der Waals surface area contributed by atoms with Gasteiger partial charge in [-0.15, -0.1) is 0 Å². The maximum atomic E-state index is 5.77. The molecule has 1 saturated heterocycles. The second-order valence-electron chi connectivity index (χ2n) is 4.74. The van der Waals surface area contributed by atoms with Gasteiger partial charge in [-0.1, -0.05) is 0 Å². The van der Waals surface area contributed by atoms with Crippen LogP contribution in [0.2, 0.25) is 0 Å². The minimum atomic E-state index is 0.0783. The lowest BCUT2D eigenvalue weighted by Crippen LogP contribution is -2.54. The van der Waals surface area contributed by atoms with E-state index in [0.29, 0.717) is 5.82 Å². The molecule has 0 amide bonds. The molecule has 2 heterocycles.